The molecule has 0 fully saturated rings. The second-order valence-corrected chi connectivity index (χ2v) is 14.1. The number of nitrogens with zero attached hydrogens (tertiary/aromatic N) is 2. The zero-order chi connectivity index (χ0) is 44.0. The Morgan fingerprint density at radius 1 is 0.296 bits per heavy atom. The highest BCUT2D eigenvalue weighted by Gasteiger charge is 2.18. The number of hydrogen-bond acceptors (Lipinski definition) is 0. The van der Waals surface area contributed by atoms with Gasteiger partial charge in [-0.2, -0.15) is 0 Å². The van der Waals surface area contributed by atoms with Gasteiger partial charge < -0.3 is 9.13 Å². The summed E-state index contributed by atoms with van der Waals surface area (Å²) in [7, 11) is 0. The number of benzene rings is 8. The molecule has 0 amide bonds. The Balaban J connectivity index is 1.16. The Hall–Kier alpha value is -6.64. The van der Waals surface area contributed by atoms with E-state index in [1.165, 1.54) is 5.56 Å². The van der Waals surface area contributed by atoms with Crippen molar-refractivity contribution >= 4 is 43.6 Å². The Bertz CT molecular complexity index is 3370. The molecule has 0 atom stereocenters. The van der Waals surface area contributed by atoms with E-state index < -0.39 is 20.6 Å². The molecule has 0 saturated heterocycles. The lowest BCUT2D eigenvalue weighted by Crippen LogP contribution is -1.94. The van der Waals surface area contributed by atoms with Gasteiger partial charge in [0.05, 0.1) is 22.1 Å². The minimum Gasteiger partial charge on any atom is -0.309 e. The van der Waals surface area contributed by atoms with Crippen LogP contribution < -0.4 is 0 Å². The Morgan fingerprint density at radius 3 is 0.870 bits per heavy atom. The SMILES string of the molecule is [2H]C([2H])([2H])c1ccc(-c2ccc3c(c2)c2cc(-c4ccc5c(c4)c4cc(-c6ccc(C)cc6)ccc4n5-c4ccc(C([2H])([2H])[2H])cc4)ccc2n3-c2ccc(C([2H])([2H])[2H])cc2)cc1. The fourth-order valence-electron chi connectivity index (χ4n) is 7.95. The predicted molar refractivity (Wildman–Crippen MR) is 230 cm³/mol. The molecule has 2 heterocycles. The van der Waals surface area contributed by atoms with Crippen LogP contribution in [-0.4, -0.2) is 9.13 Å². The van der Waals surface area contributed by atoms with E-state index >= 15 is 0 Å². The van der Waals surface area contributed by atoms with Gasteiger partial charge in [-0.05, 0) is 134 Å². The average molecular weight is 702 g/mol. The Kier molecular flexibility index (Phi) is 5.51. The molecule has 2 nitrogen and oxygen atoms in total. The molecule has 0 radical (unpaired) electrons. The molecule has 258 valence electrons. The summed E-state index contributed by atoms with van der Waals surface area (Å²) >= 11 is 0. The van der Waals surface area contributed by atoms with Crippen molar-refractivity contribution in [2.75, 3.05) is 0 Å². The van der Waals surface area contributed by atoms with E-state index in [4.69, 9.17) is 12.3 Å². The molecule has 8 aromatic carbocycles. The summed E-state index contributed by atoms with van der Waals surface area (Å²) in [5, 5.41) is 4.11. The van der Waals surface area contributed by atoms with Crippen molar-refractivity contribution in [3.63, 3.8) is 0 Å². The molecule has 10 rings (SSSR count). The summed E-state index contributed by atoms with van der Waals surface area (Å²) in [6.07, 6.45) is 0. The highest BCUT2D eigenvalue weighted by molar-refractivity contribution is 6.14. The molecular formula is C52H40N2. The molecule has 2 heteroatoms. The summed E-state index contributed by atoms with van der Waals surface area (Å²) in [4.78, 5) is 0. The molecule has 0 spiro atoms. The molecule has 0 saturated carbocycles. The molecule has 0 N–H and O–H groups in total. The lowest BCUT2D eigenvalue weighted by molar-refractivity contribution is 1.17. The number of aromatic nitrogens is 2. The highest BCUT2D eigenvalue weighted by atomic mass is 15.0. The third-order valence-electron chi connectivity index (χ3n) is 10.7. The number of hydrogen-bond donors (Lipinski definition) is 0. The Morgan fingerprint density at radius 2 is 0.556 bits per heavy atom. The maximum absolute atomic E-state index is 7.94. The summed E-state index contributed by atoms with van der Waals surface area (Å²) in [6, 6.07) is 55.3. The summed E-state index contributed by atoms with van der Waals surface area (Å²) in [5.41, 5.74) is 13.7. The van der Waals surface area contributed by atoms with Gasteiger partial charge in [-0.15, -0.1) is 0 Å². The molecule has 10 aromatic rings. The van der Waals surface area contributed by atoms with Crippen molar-refractivity contribution < 1.29 is 12.3 Å². The zero-order valence-electron chi connectivity index (χ0n) is 38.6. The molecule has 0 aliphatic heterocycles. The minimum atomic E-state index is -2.22. The minimum absolute atomic E-state index is 0.271. The van der Waals surface area contributed by atoms with E-state index in [0.717, 1.165) is 88.4 Å². The first-order valence-corrected chi connectivity index (χ1v) is 18.1. The molecule has 0 bridgehead atoms. The van der Waals surface area contributed by atoms with Crippen LogP contribution in [0.4, 0.5) is 0 Å². The number of rotatable bonds is 5. The molecule has 0 aliphatic rings. The van der Waals surface area contributed by atoms with Gasteiger partial charge in [-0.3, -0.25) is 0 Å². The quantitative estimate of drug-likeness (QED) is 0.169. The van der Waals surface area contributed by atoms with Crippen LogP contribution in [0, 0.1) is 27.5 Å². The monoisotopic (exact) mass is 701 g/mol. The van der Waals surface area contributed by atoms with E-state index in [1.807, 2.05) is 42.5 Å². The van der Waals surface area contributed by atoms with Gasteiger partial charge in [0.15, 0.2) is 0 Å². The van der Waals surface area contributed by atoms with Crippen LogP contribution in [0.3, 0.4) is 0 Å². The molecular weight excluding hydrogens is 653 g/mol. The van der Waals surface area contributed by atoms with Gasteiger partial charge in [0.2, 0.25) is 0 Å². The van der Waals surface area contributed by atoms with Gasteiger partial charge in [-0.25, -0.2) is 0 Å². The number of aryl methyl sites for hydroxylation is 4. The smallest absolute Gasteiger partial charge is 0.0541 e. The Labute approximate surface area is 328 Å². The maximum Gasteiger partial charge on any atom is 0.0541 e. The number of fused-ring (bicyclic) bond motifs is 6. The third-order valence-corrected chi connectivity index (χ3v) is 10.7. The molecule has 0 unspecified atom stereocenters. The van der Waals surface area contributed by atoms with Crippen molar-refractivity contribution in [1.29, 1.82) is 0 Å². The summed E-state index contributed by atoms with van der Waals surface area (Å²) in [5.74, 6) is 0. The van der Waals surface area contributed by atoms with Gasteiger partial charge in [0.25, 0.3) is 0 Å². The summed E-state index contributed by atoms with van der Waals surface area (Å²) in [6.45, 7) is -4.55. The normalized spacial score (nSPS) is 14.9. The van der Waals surface area contributed by atoms with Crippen LogP contribution in [-0.2, 0) is 0 Å². The van der Waals surface area contributed by atoms with Gasteiger partial charge in [0.1, 0.15) is 0 Å². The first-order chi connectivity index (χ1) is 30.0. The third kappa shape index (κ3) is 5.33. The van der Waals surface area contributed by atoms with Gasteiger partial charge in [-0.1, -0.05) is 119 Å². The molecule has 54 heavy (non-hydrogen) atoms. The van der Waals surface area contributed by atoms with Gasteiger partial charge >= 0.3 is 0 Å². The van der Waals surface area contributed by atoms with E-state index in [1.54, 1.807) is 36.4 Å². The first kappa shape index (κ1) is 23.8. The van der Waals surface area contributed by atoms with E-state index in [0.29, 0.717) is 5.56 Å². The predicted octanol–water partition coefficient (Wildman–Crippen LogP) is 14.1. The van der Waals surface area contributed by atoms with Crippen molar-refractivity contribution in [2.24, 2.45) is 0 Å². The first-order valence-electron chi connectivity index (χ1n) is 22.6. The lowest BCUT2D eigenvalue weighted by atomic mass is 9.98. The molecule has 2 aromatic heterocycles. The second kappa shape index (κ2) is 12.5. The maximum atomic E-state index is 7.94. The van der Waals surface area contributed by atoms with Crippen LogP contribution in [0.5, 0.6) is 0 Å². The van der Waals surface area contributed by atoms with Crippen molar-refractivity contribution in [3.05, 3.63) is 192 Å². The van der Waals surface area contributed by atoms with E-state index in [2.05, 4.69) is 107 Å². The lowest BCUT2D eigenvalue weighted by Gasteiger charge is -2.10. The standard InChI is InChI=1S/C52H40N2/c1-33-5-13-37(14-6-33)39-17-25-49-45(29-39)47-31-41(19-27-51(47)53(49)43-21-9-35(3)10-22-43)42-20-28-52-48(32-42)46-30-40(38-15-7-34(2)8-16-38)18-26-50(46)54(52)44-23-11-36(4)12-24-44/h5-32H,1-4H3/i1D3,3D3,4D3. The van der Waals surface area contributed by atoms with Crippen LogP contribution >= 0.6 is 0 Å². The molecule has 0 aliphatic carbocycles. The fourth-order valence-corrected chi connectivity index (χ4v) is 7.95. The fraction of sp³-hybridized carbons (Fsp3) is 0.0769. The average Bonchev–Trinajstić information content (AvgIpc) is 3.77. The van der Waals surface area contributed by atoms with Crippen LogP contribution in [0.2, 0.25) is 0 Å². The van der Waals surface area contributed by atoms with Gasteiger partial charge in [0, 0.05) is 45.3 Å². The topological polar surface area (TPSA) is 9.86 Å². The zero-order valence-corrected chi connectivity index (χ0v) is 29.6. The van der Waals surface area contributed by atoms with Crippen LogP contribution in [0.1, 0.15) is 34.6 Å². The van der Waals surface area contributed by atoms with E-state index in [-0.39, 0.29) is 11.1 Å². The van der Waals surface area contributed by atoms with Crippen LogP contribution in [0.25, 0.3) is 88.4 Å². The van der Waals surface area contributed by atoms with Crippen LogP contribution in [0.15, 0.2) is 170 Å². The van der Waals surface area contributed by atoms with Crippen molar-refractivity contribution in [1.82, 2.24) is 9.13 Å². The largest absolute Gasteiger partial charge is 0.309 e. The van der Waals surface area contributed by atoms with E-state index in [9.17, 15) is 0 Å². The van der Waals surface area contributed by atoms with Crippen molar-refractivity contribution in [3.8, 4) is 44.8 Å². The highest BCUT2D eigenvalue weighted by Crippen LogP contribution is 2.40. The second-order valence-electron chi connectivity index (χ2n) is 14.1. The summed E-state index contributed by atoms with van der Waals surface area (Å²) < 4.78 is 75.5. The van der Waals surface area contributed by atoms with Crippen molar-refractivity contribution in [2.45, 2.75) is 27.5 Å².